The number of carbonyl (C=O) groups excluding carboxylic acids is 1. The van der Waals surface area contributed by atoms with E-state index in [1.54, 1.807) is 20.8 Å². The Bertz CT molecular complexity index is 864. The molecule has 6 heteroatoms. The van der Waals surface area contributed by atoms with Crippen molar-refractivity contribution in [2.75, 3.05) is 13.1 Å². The van der Waals surface area contributed by atoms with Gasteiger partial charge in [0.2, 0.25) is 0 Å². The van der Waals surface area contributed by atoms with Gasteiger partial charge in [-0.25, -0.2) is 13.2 Å². The van der Waals surface area contributed by atoms with Gasteiger partial charge in [-0.2, -0.15) is 0 Å². The molecule has 2 aromatic carbocycles. The molecule has 0 radical (unpaired) electrons. The summed E-state index contributed by atoms with van der Waals surface area (Å²) in [5, 5.41) is 0. The van der Waals surface area contributed by atoms with Gasteiger partial charge in [0.25, 0.3) is 0 Å². The molecular formula is C23H26F3NO2. The van der Waals surface area contributed by atoms with Crippen LogP contribution in [-0.2, 0) is 16.1 Å². The van der Waals surface area contributed by atoms with Crippen LogP contribution in [0.25, 0.3) is 0 Å². The number of hydrogen-bond acceptors (Lipinski definition) is 3. The highest BCUT2D eigenvalue weighted by atomic mass is 19.2. The predicted molar refractivity (Wildman–Crippen MR) is 105 cm³/mol. The second-order valence-electron chi connectivity index (χ2n) is 8.62. The molecule has 1 aliphatic heterocycles. The van der Waals surface area contributed by atoms with Gasteiger partial charge < -0.3 is 4.74 Å². The molecule has 0 N–H and O–H groups in total. The molecule has 1 aliphatic rings. The van der Waals surface area contributed by atoms with Crippen LogP contribution in [0.4, 0.5) is 13.2 Å². The summed E-state index contributed by atoms with van der Waals surface area (Å²) in [6.07, 6.45) is 0.0890. The van der Waals surface area contributed by atoms with Crippen molar-refractivity contribution in [2.24, 2.45) is 5.92 Å². The molecule has 0 unspecified atom stereocenters. The van der Waals surface area contributed by atoms with Gasteiger partial charge in [-0.15, -0.1) is 0 Å². The van der Waals surface area contributed by atoms with Crippen molar-refractivity contribution in [2.45, 2.75) is 45.3 Å². The van der Waals surface area contributed by atoms with Gasteiger partial charge in [-0.3, -0.25) is 9.69 Å². The summed E-state index contributed by atoms with van der Waals surface area (Å²) in [6.45, 7) is 6.98. The second kappa shape index (κ2) is 8.57. The Morgan fingerprint density at radius 2 is 1.69 bits per heavy atom. The topological polar surface area (TPSA) is 29.5 Å². The average molecular weight is 405 g/mol. The highest BCUT2D eigenvalue weighted by Gasteiger charge is 2.37. The number of hydrogen-bond donors (Lipinski definition) is 0. The zero-order valence-electron chi connectivity index (χ0n) is 16.9. The van der Waals surface area contributed by atoms with Crippen molar-refractivity contribution in [1.29, 1.82) is 0 Å². The van der Waals surface area contributed by atoms with Gasteiger partial charge in [0.05, 0.1) is 6.42 Å². The molecule has 29 heavy (non-hydrogen) atoms. The number of halogens is 3. The minimum atomic E-state index is -1.21. The van der Waals surface area contributed by atoms with Gasteiger partial charge in [0.1, 0.15) is 11.4 Å². The van der Waals surface area contributed by atoms with Gasteiger partial charge in [-0.05, 0) is 43.9 Å². The lowest BCUT2D eigenvalue weighted by molar-refractivity contribution is -0.156. The first kappa shape index (κ1) is 21.4. The first-order valence-electron chi connectivity index (χ1n) is 9.75. The maximum absolute atomic E-state index is 14.5. The van der Waals surface area contributed by atoms with E-state index in [1.807, 2.05) is 30.3 Å². The van der Waals surface area contributed by atoms with Crippen molar-refractivity contribution < 1.29 is 22.7 Å². The standard InChI is InChI=1S/C23H26F3NO2/c1-23(2,3)29-22(28)9-16-13-27(12-15-7-5-4-6-8-15)14-18(16)17-10-20(25)21(26)11-19(17)24/h4-8,10-11,16,18H,9,12-14H2,1-3H3/t16-,18-/m0/s1. The lowest BCUT2D eigenvalue weighted by atomic mass is 9.86. The Labute approximate surface area is 169 Å². The third-order valence-corrected chi connectivity index (χ3v) is 5.05. The van der Waals surface area contributed by atoms with Crippen LogP contribution < -0.4 is 0 Å². The first-order valence-corrected chi connectivity index (χ1v) is 9.75. The predicted octanol–water partition coefficient (Wildman–Crippen LogP) is 5.05. The molecule has 0 spiro atoms. The summed E-state index contributed by atoms with van der Waals surface area (Å²) in [6, 6.07) is 11.3. The number of nitrogens with zero attached hydrogens (tertiary/aromatic N) is 1. The molecule has 2 atom stereocenters. The van der Waals surface area contributed by atoms with E-state index in [2.05, 4.69) is 4.90 Å². The molecule has 1 fully saturated rings. The maximum atomic E-state index is 14.5. The molecule has 0 aliphatic carbocycles. The van der Waals surface area contributed by atoms with Crippen LogP contribution in [0.1, 0.15) is 44.2 Å². The smallest absolute Gasteiger partial charge is 0.306 e. The Balaban J connectivity index is 1.83. The number of ether oxygens (including phenoxy) is 1. The molecule has 0 amide bonds. The van der Waals surface area contributed by atoms with E-state index in [4.69, 9.17) is 4.74 Å². The molecule has 1 heterocycles. The van der Waals surface area contributed by atoms with E-state index in [1.165, 1.54) is 0 Å². The van der Waals surface area contributed by atoms with Crippen LogP contribution in [0, 0.1) is 23.4 Å². The molecule has 0 saturated carbocycles. The van der Waals surface area contributed by atoms with Crippen LogP contribution in [-0.4, -0.2) is 29.6 Å². The van der Waals surface area contributed by atoms with Gasteiger partial charge >= 0.3 is 5.97 Å². The van der Waals surface area contributed by atoms with E-state index in [-0.39, 0.29) is 23.9 Å². The van der Waals surface area contributed by atoms with E-state index < -0.39 is 29.0 Å². The fourth-order valence-corrected chi connectivity index (χ4v) is 3.91. The van der Waals surface area contributed by atoms with Crippen LogP contribution in [0.2, 0.25) is 0 Å². The lowest BCUT2D eigenvalue weighted by Crippen LogP contribution is -2.27. The quantitative estimate of drug-likeness (QED) is 0.515. The Morgan fingerprint density at radius 3 is 2.34 bits per heavy atom. The van der Waals surface area contributed by atoms with Gasteiger partial charge in [0, 0.05) is 31.6 Å². The van der Waals surface area contributed by atoms with E-state index in [9.17, 15) is 18.0 Å². The molecule has 2 aromatic rings. The Morgan fingerprint density at radius 1 is 1.03 bits per heavy atom. The number of benzene rings is 2. The molecular weight excluding hydrogens is 379 g/mol. The van der Waals surface area contributed by atoms with E-state index in [0.717, 1.165) is 11.6 Å². The molecule has 1 saturated heterocycles. The van der Waals surface area contributed by atoms with Crippen LogP contribution in [0.3, 0.4) is 0 Å². The normalized spacial score (nSPS) is 20.1. The number of likely N-dealkylation sites (tertiary alicyclic amines) is 1. The minimum Gasteiger partial charge on any atom is -0.460 e. The van der Waals surface area contributed by atoms with Crippen LogP contribution in [0.15, 0.2) is 42.5 Å². The second-order valence-corrected chi connectivity index (χ2v) is 8.62. The number of rotatable bonds is 5. The SMILES string of the molecule is CC(C)(C)OC(=O)C[C@H]1CN(Cc2ccccc2)C[C@@H]1c1cc(F)c(F)cc1F. The molecule has 3 nitrogen and oxygen atoms in total. The van der Waals surface area contributed by atoms with E-state index in [0.29, 0.717) is 25.7 Å². The highest BCUT2D eigenvalue weighted by molar-refractivity contribution is 5.70. The van der Waals surface area contributed by atoms with Crippen molar-refractivity contribution in [3.8, 4) is 0 Å². The zero-order chi connectivity index (χ0) is 21.2. The number of esters is 1. The molecule has 0 bridgehead atoms. The van der Waals surface area contributed by atoms with Crippen molar-refractivity contribution in [1.82, 2.24) is 4.90 Å². The Hall–Kier alpha value is -2.34. The van der Waals surface area contributed by atoms with Gasteiger partial charge in [0.15, 0.2) is 11.6 Å². The summed E-state index contributed by atoms with van der Waals surface area (Å²) in [7, 11) is 0. The van der Waals surface area contributed by atoms with Crippen LogP contribution in [0.5, 0.6) is 0 Å². The number of carbonyl (C=O) groups is 1. The molecule has 0 aromatic heterocycles. The largest absolute Gasteiger partial charge is 0.460 e. The summed E-state index contributed by atoms with van der Waals surface area (Å²) >= 11 is 0. The van der Waals surface area contributed by atoms with Crippen molar-refractivity contribution >= 4 is 5.97 Å². The van der Waals surface area contributed by atoms with Crippen molar-refractivity contribution in [3.05, 3.63) is 71.0 Å². The summed E-state index contributed by atoms with van der Waals surface area (Å²) in [5.41, 5.74) is 0.574. The van der Waals surface area contributed by atoms with E-state index >= 15 is 0 Å². The highest BCUT2D eigenvalue weighted by Crippen LogP contribution is 2.38. The average Bonchev–Trinajstić information content (AvgIpc) is 2.99. The zero-order valence-corrected chi connectivity index (χ0v) is 16.9. The third-order valence-electron chi connectivity index (χ3n) is 5.05. The minimum absolute atomic E-state index is 0.0890. The van der Waals surface area contributed by atoms with Crippen LogP contribution >= 0.6 is 0 Å². The molecule has 156 valence electrons. The molecule has 3 rings (SSSR count). The summed E-state index contributed by atoms with van der Waals surface area (Å²) < 4.78 is 47.1. The van der Waals surface area contributed by atoms with Gasteiger partial charge in [-0.1, -0.05) is 30.3 Å². The fourth-order valence-electron chi connectivity index (χ4n) is 3.91. The maximum Gasteiger partial charge on any atom is 0.306 e. The first-order chi connectivity index (χ1) is 13.6. The monoisotopic (exact) mass is 405 g/mol. The van der Waals surface area contributed by atoms with Crippen molar-refractivity contribution in [3.63, 3.8) is 0 Å². The lowest BCUT2D eigenvalue weighted by Gasteiger charge is -2.23. The Kier molecular flexibility index (Phi) is 6.32. The summed E-state index contributed by atoms with van der Waals surface area (Å²) in [4.78, 5) is 14.5. The summed E-state index contributed by atoms with van der Waals surface area (Å²) in [5.74, 6) is -4.15. The fraction of sp³-hybridized carbons (Fsp3) is 0.435. The third kappa shape index (κ3) is 5.60.